The molecule has 1 unspecified atom stereocenters. The molecule has 2 heteroatoms. The molecule has 0 spiro atoms. The average molecular weight is 226 g/mol. The highest BCUT2D eigenvalue weighted by molar-refractivity contribution is 4.84. The van der Waals surface area contributed by atoms with E-state index in [0.717, 1.165) is 12.5 Å². The van der Waals surface area contributed by atoms with Crippen LogP contribution in [0.4, 0.5) is 0 Å². The van der Waals surface area contributed by atoms with E-state index >= 15 is 0 Å². The van der Waals surface area contributed by atoms with Gasteiger partial charge in [-0.2, -0.15) is 0 Å². The number of rotatable bonds is 8. The molecule has 0 aliphatic heterocycles. The minimum absolute atomic E-state index is 0.313. The molecule has 1 fully saturated rings. The number of hydrogen-bond acceptors (Lipinski definition) is 2. The molecule has 0 amide bonds. The number of nitrogens with two attached hydrogens (primary N) is 1. The smallest absolute Gasteiger partial charge is 0.00502 e. The SMILES string of the molecule is CCCC(C)(CN)CN(CC1CC1)C(C)C. The van der Waals surface area contributed by atoms with Crippen molar-refractivity contribution >= 4 is 0 Å². The summed E-state index contributed by atoms with van der Waals surface area (Å²) >= 11 is 0. The predicted molar refractivity (Wildman–Crippen MR) is 71.5 cm³/mol. The van der Waals surface area contributed by atoms with E-state index in [4.69, 9.17) is 5.73 Å². The van der Waals surface area contributed by atoms with E-state index in [-0.39, 0.29) is 0 Å². The van der Waals surface area contributed by atoms with Crippen molar-refractivity contribution in [2.24, 2.45) is 17.1 Å². The Morgan fingerprint density at radius 2 is 2.00 bits per heavy atom. The first kappa shape index (κ1) is 14.0. The summed E-state index contributed by atoms with van der Waals surface area (Å²) in [5.41, 5.74) is 6.27. The van der Waals surface area contributed by atoms with Crippen LogP contribution in [-0.4, -0.2) is 30.6 Å². The van der Waals surface area contributed by atoms with Crippen LogP contribution < -0.4 is 5.73 Å². The Balaban J connectivity index is 2.49. The second-order valence-corrected chi connectivity index (χ2v) is 6.23. The molecule has 96 valence electrons. The summed E-state index contributed by atoms with van der Waals surface area (Å²) < 4.78 is 0. The van der Waals surface area contributed by atoms with Crippen molar-refractivity contribution in [2.45, 2.75) is 59.4 Å². The van der Waals surface area contributed by atoms with Gasteiger partial charge in [0, 0.05) is 19.1 Å². The van der Waals surface area contributed by atoms with Gasteiger partial charge >= 0.3 is 0 Å². The topological polar surface area (TPSA) is 29.3 Å². The van der Waals surface area contributed by atoms with Gasteiger partial charge in [0.15, 0.2) is 0 Å². The molecule has 16 heavy (non-hydrogen) atoms. The summed E-state index contributed by atoms with van der Waals surface area (Å²) in [5.74, 6) is 0.978. The highest BCUT2D eigenvalue weighted by Crippen LogP contribution is 2.32. The van der Waals surface area contributed by atoms with Crippen LogP contribution in [-0.2, 0) is 0 Å². The van der Waals surface area contributed by atoms with Gasteiger partial charge in [0.2, 0.25) is 0 Å². The quantitative estimate of drug-likeness (QED) is 0.689. The molecule has 0 radical (unpaired) electrons. The molecule has 1 aliphatic rings. The summed E-state index contributed by atoms with van der Waals surface area (Å²) in [6, 6.07) is 0.656. The van der Waals surface area contributed by atoms with Crippen molar-refractivity contribution in [2.75, 3.05) is 19.6 Å². The highest BCUT2D eigenvalue weighted by Gasteiger charge is 2.30. The van der Waals surface area contributed by atoms with Crippen LogP contribution in [0.1, 0.15) is 53.4 Å². The molecule has 0 aromatic heterocycles. The standard InChI is InChI=1S/C14H30N2/c1-5-8-14(4,10-15)11-16(12(2)3)9-13-6-7-13/h12-13H,5-11,15H2,1-4H3. The van der Waals surface area contributed by atoms with Gasteiger partial charge in [0.25, 0.3) is 0 Å². The van der Waals surface area contributed by atoms with Gasteiger partial charge in [-0.25, -0.2) is 0 Å². The van der Waals surface area contributed by atoms with Crippen LogP contribution in [0.2, 0.25) is 0 Å². The maximum Gasteiger partial charge on any atom is 0.00502 e. The third-order valence-corrected chi connectivity index (χ3v) is 3.85. The third kappa shape index (κ3) is 4.42. The zero-order chi connectivity index (χ0) is 12.2. The summed E-state index contributed by atoms with van der Waals surface area (Å²) in [4.78, 5) is 2.64. The van der Waals surface area contributed by atoms with Crippen LogP contribution >= 0.6 is 0 Å². The van der Waals surface area contributed by atoms with Crippen LogP contribution in [0, 0.1) is 11.3 Å². The molecule has 2 N–H and O–H groups in total. The molecule has 1 atom stereocenters. The Morgan fingerprint density at radius 1 is 1.38 bits per heavy atom. The van der Waals surface area contributed by atoms with Gasteiger partial charge in [-0.15, -0.1) is 0 Å². The minimum atomic E-state index is 0.313. The lowest BCUT2D eigenvalue weighted by atomic mass is 9.84. The van der Waals surface area contributed by atoms with Crippen molar-refractivity contribution in [3.05, 3.63) is 0 Å². The highest BCUT2D eigenvalue weighted by atomic mass is 15.2. The van der Waals surface area contributed by atoms with Crippen molar-refractivity contribution in [3.63, 3.8) is 0 Å². The van der Waals surface area contributed by atoms with E-state index in [2.05, 4.69) is 32.6 Å². The summed E-state index contributed by atoms with van der Waals surface area (Å²) in [6.07, 6.45) is 5.37. The van der Waals surface area contributed by atoms with E-state index in [1.165, 1.54) is 38.8 Å². The number of nitrogens with zero attached hydrogens (tertiary/aromatic N) is 1. The molecule has 0 saturated heterocycles. The summed E-state index contributed by atoms with van der Waals surface area (Å²) in [5, 5.41) is 0. The van der Waals surface area contributed by atoms with E-state index < -0.39 is 0 Å². The van der Waals surface area contributed by atoms with E-state index in [0.29, 0.717) is 11.5 Å². The van der Waals surface area contributed by atoms with Crippen molar-refractivity contribution in [1.82, 2.24) is 4.90 Å². The molecular formula is C14H30N2. The van der Waals surface area contributed by atoms with E-state index in [1.54, 1.807) is 0 Å². The largest absolute Gasteiger partial charge is 0.330 e. The molecule has 0 aromatic carbocycles. The van der Waals surface area contributed by atoms with Gasteiger partial charge in [0.1, 0.15) is 0 Å². The predicted octanol–water partition coefficient (Wildman–Crippen LogP) is 2.87. The summed E-state index contributed by atoms with van der Waals surface area (Å²) in [6.45, 7) is 12.5. The van der Waals surface area contributed by atoms with Crippen LogP contribution in [0.5, 0.6) is 0 Å². The molecule has 1 rings (SSSR count). The fourth-order valence-corrected chi connectivity index (χ4v) is 2.43. The fraction of sp³-hybridized carbons (Fsp3) is 1.00. The maximum atomic E-state index is 5.96. The van der Waals surface area contributed by atoms with Gasteiger partial charge in [-0.1, -0.05) is 20.3 Å². The normalized spacial score (nSPS) is 20.4. The molecule has 0 bridgehead atoms. The second-order valence-electron chi connectivity index (χ2n) is 6.23. The monoisotopic (exact) mass is 226 g/mol. The molecule has 0 aromatic rings. The fourth-order valence-electron chi connectivity index (χ4n) is 2.43. The summed E-state index contributed by atoms with van der Waals surface area (Å²) in [7, 11) is 0. The lowest BCUT2D eigenvalue weighted by Crippen LogP contribution is -2.44. The van der Waals surface area contributed by atoms with E-state index in [1.807, 2.05) is 0 Å². The Morgan fingerprint density at radius 3 is 2.38 bits per heavy atom. The van der Waals surface area contributed by atoms with Crippen LogP contribution in [0.15, 0.2) is 0 Å². The molecule has 1 saturated carbocycles. The zero-order valence-corrected chi connectivity index (χ0v) is 11.6. The number of hydrogen-bond donors (Lipinski definition) is 1. The zero-order valence-electron chi connectivity index (χ0n) is 11.6. The van der Waals surface area contributed by atoms with Crippen molar-refractivity contribution in [3.8, 4) is 0 Å². The lowest BCUT2D eigenvalue weighted by Gasteiger charge is -2.37. The van der Waals surface area contributed by atoms with Gasteiger partial charge in [-0.05, 0) is 51.0 Å². The van der Waals surface area contributed by atoms with Crippen LogP contribution in [0.25, 0.3) is 0 Å². The van der Waals surface area contributed by atoms with Crippen molar-refractivity contribution < 1.29 is 0 Å². The Hall–Kier alpha value is -0.0800. The van der Waals surface area contributed by atoms with E-state index in [9.17, 15) is 0 Å². The van der Waals surface area contributed by atoms with Gasteiger partial charge in [0.05, 0.1) is 0 Å². The molecule has 2 nitrogen and oxygen atoms in total. The third-order valence-electron chi connectivity index (χ3n) is 3.85. The Bertz CT molecular complexity index is 199. The second kappa shape index (κ2) is 6.02. The first-order valence-corrected chi connectivity index (χ1v) is 6.95. The first-order valence-electron chi connectivity index (χ1n) is 6.95. The molecule has 0 heterocycles. The van der Waals surface area contributed by atoms with Gasteiger partial charge < -0.3 is 10.6 Å². The van der Waals surface area contributed by atoms with Crippen molar-refractivity contribution in [1.29, 1.82) is 0 Å². The minimum Gasteiger partial charge on any atom is -0.330 e. The van der Waals surface area contributed by atoms with Gasteiger partial charge in [-0.3, -0.25) is 0 Å². The van der Waals surface area contributed by atoms with Crippen LogP contribution in [0.3, 0.4) is 0 Å². The maximum absolute atomic E-state index is 5.96. The Labute approximate surface area is 102 Å². The molecule has 1 aliphatic carbocycles. The first-order chi connectivity index (χ1) is 7.50. The lowest BCUT2D eigenvalue weighted by molar-refractivity contribution is 0.124. The Kier molecular flexibility index (Phi) is 5.26. The molecular weight excluding hydrogens is 196 g/mol. The average Bonchev–Trinajstić information content (AvgIpc) is 3.01.